The normalized spacial score (nSPS) is 12.0. The number of hydrogen-bond acceptors (Lipinski definition) is 5. The summed E-state index contributed by atoms with van der Waals surface area (Å²) >= 11 is 0. The highest BCUT2D eigenvalue weighted by atomic mass is 16.6. The Hall–Kier alpha value is -3.91. The van der Waals surface area contributed by atoms with Crippen molar-refractivity contribution in [3.8, 4) is 0 Å². The highest BCUT2D eigenvalue weighted by molar-refractivity contribution is 6.04. The summed E-state index contributed by atoms with van der Waals surface area (Å²) in [5, 5.41) is 5.41. The molecule has 8 heteroatoms. The zero-order chi connectivity index (χ0) is 27.6. The van der Waals surface area contributed by atoms with Crippen molar-refractivity contribution in [3.63, 3.8) is 0 Å². The van der Waals surface area contributed by atoms with Gasteiger partial charge in [0.15, 0.2) is 0 Å². The molecule has 0 unspecified atom stereocenters. The molecular formula is C31H39N5O3. The van der Waals surface area contributed by atoms with Crippen LogP contribution in [0.15, 0.2) is 60.7 Å². The maximum absolute atomic E-state index is 13.2. The number of carbonyl (C=O) groups excluding carboxylic acids is 2. The van der Waals surface area contributed by atoms with E-state index in [1.54, 1.807) is 0 Å². The van der Waals surface area contributed by atoms with Crippen LogP contribution in [0.25, 0.3) is 21.8 Å². The van der Waals surface area contributed by atoms with Crippen LogP contribution in [0.5, 0.6) is 0 Å². The third-order valence-corrected chi connectivity index (χ3v) is 6.86. The van der Waals surface area contributed by atoms with Crippen LogP contribution in [-0.4, -0.2) is 42.5 Å². The van der Waals surface area contributed by atoms with Crippen LogP contribution < -0.4 is 15.7 Å². The lowest BCUT2D eigenvalue weighted by Crippen LogP contribution is -2.29. The number of hydroxylamine groups is 1. The summed E-state index contributed by atoms with van der Waals surface area (Å²) in [6.45, 7) is 2.61. The molecule has 0 aliphatic rings. The lowest BCUT2D eigenvalue weighted by molar-refractivity contribution is -0.133. The minimum absolute atomic E-state index is 0.0960. The fraction of sp³-hybridized carbons (Fsp3) is 0.387. The van der Waals surface area contributed by atoms with Crippen LogP contribution in [0.4, 0.5) is 5.69 Å². The van der Waals surface area contributed by atoms with E-state index >= 15 is 0 Å². The molecule has 0 bridgehead atoms. The molecule has 206 valence electrons. The third-order valence-electron chi connectivity index (χ3n) is 6.86. The van der Waals surface area contributed by atoms with Gasteiger partial charge >= 0.3 is 0 Å². The average Bonchev–Trinajstić information content (AvgIpc) is 3.39. The van der Waals surface area contributed by atoms with Gasteiger partial charge < -0.3 is 15.2 Å². The number of anilines is 1. The van der Waals surface area contributed by atoms with Gasteiger partial charge in [-0.2, -0.15) is 0 Å². The van der Waals surface area contributed by atoms with Crippen LogP contribution >= 0.6 is 0 Å². The molecule has 4 rings (SSSR count). The van der Waals surface area contributed by atoms with Crippen molar-refractivity contribution in [3.05, 3.63) is 72.1 Å². The molecule has 0 saturated carbocycles. The van der Waals surface area contributed by atoms with E-state index in [9.17, 15) is 9.59 Å². The molecule has 1 aromatic heterocycles. The first-order valence-electron chi connectivity index (χ1n) is 13.8. The van der Waals surface area contributed by atoms with Crippen molar-refractivity contribution in [2.45, 2.75) is 57.9 Å². The molecule has 2 amide bonds. The molecule has 0 radical (unpaired) electrons. The van der Waals surface area contributed by atoms with Crippen molar-refractivity contribution in [1.29, 1.82) is 0 Å². The van der Waals surface area contributed by atoms with E-state index in [0.29, 0.717) is 25.0 Å². The van der Waals surface area contributed by atoms with E-state index in [1.807, 2.05) is 61.5 Å². The molecule has 39 heavy (non-hydrogen) atoms. The van der Waals surface area contributed by atoms with E-state index in [2.05, 4.69) is 40.9 Å². The molecule has 3 N–H and O–H groups in total. The fourth-order valence-electron chi connectivity index (χ4n) is 4.57. The molecule has 1 atom stereocenters. The maximum atomic E-state index is 13.2. The molecule has 4 aromatic rings. The highest BCUT2D eigenvalue weighted by Gasteiger charge is 2.20. The summed E-state index contributed by atoms with van der Waals surface area (Å²) in [5.41, 5.74) is 5.99. The van der Waals surface area contributed by atoms with Gasteiger partial charge in [-0.25, -0.2) is 10.5 Å². The van der Waals surface area contributed by atoms with Gasteiger partial charge in [-0.05, 0) is 55.0 Å². The second kappa shape index (κ2) is 13.8. The second-order valence-electron chi connectivity index (χ2n) is 10.1. The van der Waals surface area contributed by atoms with Crippen LogP contribution in [0.1, 0.15) is 74.1 Å². The number of rotatable bonds is 14. The fourth-order valence-corrected chi connectivity index (χ4v) is 4.57. The predicted molar refractivity (Wildman–Crippen MR) is 157 cm³/mol. The predicted octanol–water partition coefficient (Wildman–Crippen LogP) is 6.05. The number of nitrogens with zero attached hydrogens (tertiary/aromatic N) is 2. The largest absolute Gasteiger partial charge is 0.378 e. The minimum atomic E-state index is -0.289. The number of nitrogens with one attached hydrogen (secondary N) is 3. The first-order valence-corrected chi connectivity index (χ1v) is 13.8. The number of amides is 2. The second-order valence-corrected chi connectivity index (χ2v) is 10.1. The Morgan fingerprint density at radius 2 is 1.77 bits per heavy atom. The van der Waals surface area contributed by atoms with Crippen molar-refractivity contribution < 1.29 is 14.4 Å². The summed E-state index contributed by atoms with van der Waals surface area (Å²) in [7, 11) is 3.94. The summed E-state index contributed by atoms with van der Waals surface area (Å²) < 4.78 is 0. The van der Waals surface area contributed by atoms with Gasteiger partial charge in [0.2, 0.25) is 5.91 Å². The lowest BCUT2D eigenvalue weighted by atomic mass is 10.1. The Bertz CT molecular complexity index is 1380. The first kappa shape index (κ1) is 28.1. The Morgan fingerprint density at radius 3 is 2.54 bits per heavy atom. The SMILES string of the molecule is CCCCONC(=O)CCCCC[C@H](NC(=O)c1ccc(N(C)C)cc1)c1nc2c(ccc3ccccc32)[nH]1. The molecule has 0 spiro atoms. The van der Waals surface area contributed by atoms with Gasteiger partial charge in [0.25, 0.3) is 5.91 Å². The molecule has 0 fully saturated rings. The number of unbranched alkanes of at least 4 members (excludes halogenated alkanes) is 3. The number of aromatic amines is 1. The Kier molecular flexibility index (Phi) is 9.91. The standard InChI is InChI=1S/C31H39N5O3/c1-4-5-21-39-35-28(37)14-8-6-7-13-27(33-31(38)23-15-18-24(19-16-23)36(2)3)30-32-26-20-17-22-11-9-10-12-25(22)29(26)34-30/h9-12,15-20,27H,4-8,13-14,21H2,1-3H3,(H,32,34)(H,33,38)(H,35,37)/t27-/m0/s1. The van der Waals surface area contributed by atoms with Crippen molar-refractivity contribution >= 4 is 39.3 Å². The average molecular weight is 530 g/mol. The van der Waals surface area contributed by atoms with E-state index in [-0.39, 0.29) is 17.9 Å². The molecule has 0 aliphatic heterocycles. The van der Waals surface area contributed by atoms with Crippen LogP contribution in [0.3, 0.4) is 0 Å². The van der Waals surface area contributed by atoms with Gasteiger partial charge in [-0.15, -0.1) is 0 Å². The van der Waals surface area contributed by atoms with E-state index in [4.69, 9.17) is 9.82 Å². The summed E-state index contributed by atoms with van der Waals surface area (Å²) in [5.74, 6) is 0.502. The Balaban J connectivity index is 1.44. The lowest BCUT2D eigenvalue weighted by Gasteiger charge is -2.18. The van der Waals surface area contributed by atoms with E-state index in [1.165, 1.54) is 0 Å². The van der Waals surface area contributed by atoms with Crippen LogP contribution in [0.2, 0.25) is 0 Å². The topological polar surface area (TPSA) is 99.3 Å². The molecule has 0 saturated heterocycles. The zero-order valence-corrected chi connectivity index (χ0v) is 23.1. The van der Waals surface area contributed by atoms with E-state index in [0.717, 1.165) is 65.4 Å². The quantitative estimate of drug-likeness (QED) is 0.136. The van der Waals surface area contributed by atoms with Crippen molar-refractivity contribution in [2.24, 2.45) is 0 Å². The molecule has 1 heterocycles. The maximum Gasteiger partial charge on any atom is 0.251 e. The summed E-state index contributed by atoms with van der Waals surface area (Å²) in [4.78, 5) is 40.8. The zero-order valence-electron chi connectivity index (χ0n) is 23.1. The number of hydrogen-bond donors (Lipinski definition) is 3. The number of fused-ring (bicyclic) bond motifs is 3. The highest BCUT2D eigenvalue weighted by Crippen LogP contribution is 2.27. The van der Waals surface area contributed by atoms with Gasteiger partial charge in [0.1, 0.15) is 5.82 Å². The first-order chi connectivity index (χ1) is 19.0. The van der Waals surface area contributed by atoms with Crippen molar-refractivity contribution in [2.75, 3.05) is 25.6 Å². The molecule has 8 nitrogen and oxygen atoms in total. The number of benzene rings is 3. The summed E-state index contributed by atoms with van der Waals surface area (Å²) in [6, 6.07) is 19.6. The smallest absolute Gasteiger partial charge is 0.251 e. The van der Waals surface area contributed by atoms with Crippen LogP contribution in [-0.2, 0) is 9.63 Å². The molecular weight excluding hydrogens is 490 g/mol. The molecule has 0 aliphatic carbocycles. The Labute approximate surface area is 230 Å². The number of aromatic nitrogens is 2. The van der Waals surface area contributed by atoms with Crippen molar-refractivity contribution in [1.82, 2.24) is 20.8 Å². The minimum Gasteiger partial charge on any atom is -0.378 e. The van der Waals surface area contributed by atoms with Gasteiger partial charge in [-0.3, -0.25) is 14.4 Å². The number of imidazole rings is 1. The summed E-state index contributed by atoms with van der Waals surface area (Å²) in [6.07, 6.45) is 5.51. The van der Waals surface area contributed by atoms with E-state index < -0.39 is 0 Å². The van der Waals surface area contributed by atoms with Gasteiger partial charge in [0, 0.05) is 37.2 Å². The molecule has 3 aromatic carbocycles. The van der Waals surface area contributed by atoms with Gasteiger partial charge in [0.05, 0.1) is 23.7 Å². The van der Waals surface area contributed by atoms with Gasteiger partial charge in [-0.1, -0.05) is 56.5 Å². The van der Waals surface area contributed by atoms with Crippen LogP contribution in [0, 0.1) is 0 Å². The third kappa shape index (κ3) is 7.57. The Morgan fingerprint density at radius 1 is 0.974 bits per heavy atom. The number of H-pyrrole nitrogens is 1. The monoisotopic (exact) mass is 529 g/mol. The number of carbonyl (C=O) groups is 2.